The maximum Gasteiger partial charge on any atom is 0.257 e. The van der Waals surface area contributed by atoms with Crippen molar-refractivity contribution in [1.82, 2.24) is 20.4 Å². The summed E-state index contributed by atoms with van der Waals surface area (Å²) < 4.78 is 5.29. The van der Waals surface area contributed by atoms with E-state index in [2.05, 4.69) is 20.4 Å². The van der Waals surface area contributed by atoms with Crippen molar-refractivity contribution >= 4 is 5.91 Å². The summed E-state index contributed by atoms with van der Waals surface area (Å²) in [5.41, 5.74) is 0.925. The molecule has 1 atom stereocenters. The van der Waals surface area contributed by atoms with E-state index in [-0.39, 0.29) is 11.9 Å². The van der Waals surface area contributed by atoms with Crippen molar-refractivity contribution in [2.45, 2.75) is 25.9 Å². The molecule has 110 valence electrons. The molecule has 6 nitrogen and oxygen atoms in total. The topological polar surface area (TPSA) is 71.3 Å². The van der Waals surface area contributed by atoms with Crippen molar-refractivity contribution < 1.29 is 9.32 Å². The highest BCUT2D eigenvalue weighted by Gasteiger charge is 2.24. The lowest BCUT2D eigenvalue weighted by molar-refractivity contribution is -0.119. The fourth-order valence-electron chi connectivity index (χ4n) is 2.60. The SMILES string of the molecule is CC(=O)NC1CCN(Cc2noc(-c3ccccc3)n2)C1. The largest absolute Gasteiger partial charge is 0.352 e. The number of amides is 1. The van der Waals surface area contributed by atoms with Crippen LogP contribution in [0.3, 0.4) is 0 Å². The molecule has 3 rings (SSSR count). The molecule has 1 aliphatic rings. The molecule has 0 radical (unpaired) electrons. The van der Waals surface area contributed by atoms with E-state index in [4.69, 9.17) is 4.52 Å². The van der Waals surface area contributed by atoms with Gasteiger partial charge in [-0.15, -0.1) is 0 Å². The molecular weight excluding hydrogens is 268 g/mol. The predicted octanol–water partition coefficient (Wildman–Crippen LogP) is 1.45. The summed E-state index contributed by atoms with van der Waals surface area (Å²) in [6.07, 6.45) is 0.961. The van der Waals surface area contributed by atoms with Gasteiger partial charge in [0.1, 0.15) is 0 Å². The van der Waals surface area contributed by atoms with E-state index in [1.807, 2.05) is 30.3 Å². The molecule has 0 aliphatic carbocycles. The lowest BCUT2D eigenvalue weighted by Gasteiger charge is -2.13. The van der Waals surface area contributed by atoms with Crippen LogP contribution in [0.15, 0.2) is 34.9 Å². The Balaban J connectivity index is 1.60. The fraction of sp³-hybridized carbons (Fsp3) is 0.400. The van der Waals surface area contributed by atoms with Gasteiger partial charge in [0.15, 0.2) is 5.82 Å². The molecule has 1 N–H and O–H groups in total. The van der Waals surface area contributed by atoms with Gasteiger partial charge in [-0.2, -0.15) is 4.98 Å². The van der Waals surface area contributed by atoms with E-state index in [0.717, 1.165) is 25.1 Å². The molecule has 1 aromatic carbocycles. The first kappa shape index (κ1) is 13.8. The lowest BCUT2D eigenvalue weighted by atomic mass is 10.2. The van der Waals surface area contributed by atoms with Crippen molar-refractivity contribution in [3.05, 3.63) is 36.2 Å². The summed E-state index contributed by atoms with van der Waals surface area (Å²) in [5.74, 6) is 1.24. The molecule has 0 saturated carbocycles. The van der Waals surface area contributed by atoms with E-state index in [0.29, 0.717) is 18.3 Å². The van der Waals surface area contributed by atoms with Crippen molar-refractivity contribution in [2.75, 3.05) is 13.1 Å². The maximum absolute atomic E-state index is 11.1. The van der Waals surface area contributed by atoms with Gasteiger partial charge in [-0.3, -0.25) is 9.69 Å². The Hall–Kier alpha value is -2.21. The second-order valence-electron chi connectivity index (χ2n) is 5.30. The molecule has 1 saturated heterocycles. The molecule has 1 unspecified atom stereocenters. The van der Waals surface area contributed by atoms with Gasteiger partial charge in [0.2, 0.25) is 5.91 Å². The average molecular weight is 286 g/mol. The highest BCUT2D eigenvalue weighted by Crippen LogP contribution is 2.18. The second-order valence-corrected chi connectivity index (χ2v) is 5.30. The maximum atomic E-state index is 11.1. The summed E-state index contributed by atoms with van der Waals surface area (Å²) in [7, 11) is 0. The van der Waals surface area contributed by atoms with E-state index in [1.165, 1.54) is 0 Å². The number of hydrogen-bond donors (Lipinski definition) is 1. The van der Waals surface area contributed by atoms with E-state index < -0.39 is 0 Å². The Bertz CT molecular complexity index is 611. The summed E-state index contributed by atoms with van der Waals surface area (Å²) in [5, 5.41) is 6.97. The first-order valence-corrected chi connectivity index (χ1v) is 7.08. The number of likely N-dealkylation sites (tertiary alicyclic amines) is 1. The summed E-state index contributed by atoms with van der Waals surface area (Å²) in [6.45, 7) is 3.95. The van der Waals surface area contributed by atoms with Crippen LogP contribution in [0.4, 0.5) is 0 Å². The molecule has 21 heavy (non-hydrogen) atoms. The molecule has 1 aliphatic heterocycles. The monoisotopic (exact) mass is 286 g/mol. The Labute approximate surface area is 123 Å². The van der Waals surface area contributed by atoms with Crippen LogP contribution in [-0.4, -0.2) is 40.1 Å². The lowest BCUT2D eigenvalue weighted by Crippen LogP contribution is -2.35. The van der Waals surface area contributed by atoms with Crippen LogP contribution in [0.25, 0.3) is 11.5 Å². The average Bonchev–Trinajstić information content (AvgIpc) is 3.09. The first-order valence-electron chi connectivity index (χ1n) is 7.08. The molecule has 1 fully saturated rings. The van der Waals surface area contributed by atoms with Crippen molar-refractivity contribution in [3.63, 3.8) is 0 Å². The molecule has 2 heterocycles. The van der Waals surface area contributed by atoms with E-state index in [1.54, 1.807) is 6.92 Å². The minimum absolute atomic E-state index is 0.0211. The zero-order chi connectivity index (χ0) is 14.7. The third kappa shape index (κ3) is 3.46. The van der Waals surface area contributed by atoms with Crippen LogP contribution in [0.5, 0.6) is 0 Å². The minimum Gasteiger partial charge on any atom is -0.352 e. The van der Waals surface area contributed by atoms with Crippen LogP contribution in [0.2, 0.25) is 0 Å². The second kappa shape index (κ2) is 6.05. The number of carbonyl (C=O) groups is 1. The molecule has 1 amide bonds. The van der Waals surface area contributed by atoms with E-state index >= 15 is 0 Å². The predicted molar refractivity (Wildman–Crippen MR) is 77.2 cm³/mol. The van der Waals surface area contributed by atoms with Crippen molar-refractivity contribution in [1.29, 1.82) is 0 Å². The highest BCUT2D eigenvalue weighted by molar-refractivity contribution is 5.73. The Kier molecular flexibility index (Phi) is 3.96. The van der Waals surface area contributed by atoms with Crippen LogP contribution in [0.1, 0.15) is 19.2 Å². The normalized spacial score (nSPS) is 18.8. The van der Waals surface area contributed by atoms with Crippen LogP contribution >= 0.6 is 0 Å². The Morgan fingerprint density at radius 3 is 3.00 bits per heavy atom. The number of benzene rings is 1. The number of hydrogen-bond acceptors (Lipinski definition) is 5. The Morgan fingerprint density at radius 2 is 2.24 bits per heavy atom. The third-order valence-corrected chi connectivity index (χ3v) is 3.53. The molecule has 0 spiro atoms. The molecule has 1 aromatic heterocycles. The first-order chi connectivity index (χ1) is 10.2. The van der Waals surface area contributed by atoms with Gasteiger partial charge in [0, 0.05) is 31.6 Å². The fourth-order valence-corrected chi connectivity index (χ4v) is 2.60. The molecule has 0 bridgehead atoms. The van der Waals surface area contributed by atoms with Crippen molar-refractivity contribution in [3.8, 4) is 11.5 Å². The molecule has 2 aromatic rings. The summed E-state index contributed by atoms with van der Waals surface area (Å²) >= 11 is 0. The van der Waals surface area contributed by atoms with Crippen molar-refractivity contribution in [2.24, 2.45) is 0 Å². The van der Waals surface area contributed by atoms with Gasteiger partial charge in [-0.05, 0) is 18.6 Å². The van der Waals surface area contributed by atoms with Gasteiger partial charge < -0.3 is 9.84 Å². The number of rotatable bonds is 4. The molecule has 6 heteroatoms. The van der Waals surface area contributed by atoms with Gasteiger partial charge in [-0.25, -0.2) is 0 Å². The standard InChI is InChI=1S/C15H18N4O2/c1-11(20)16-13-7-8-19(9-13)10-14-17-15(21-18-14)12-5-3-2-4-6-12/h2-6,13H,7-10H2,1H3,(H,16,20). The van der Waals surface area contributed by atoms with Crippen LogP contribution in [-0.2, 0) is 11.3 Å². The van der Waals surface area contributed by atoms with Gasteiger partial charge in [-0.1, -0.05) is 23.4 Å². The smallest absolute Gasteiger partial charge is 0.257 e. The Morgan fingerprint density at radius 1 is 1.43 bits per heavy atom. The van der Waals surface area contributed by atoms with E-state index in [9.17, 15) is 4.79 Å². The zero-order valence-corrected chi connectivity index (χ0v) is 12.0. The van der Waals surface area contributed by atoms with Gasteiger partial charge >= 0.3 is 0 Å². The quantitative estimate of drug-likeness (QED) is 0.921. The number of carbonyl (C=O) groups excluding carboxylic acids is 1. The minimum atomic E-state index is 0.0211. The number of nitrogens with one attached hydrogen (secondary N) is 1. The van der Waals surface area contributed by atoms with Gasteiger partial charge in [0.05, 0.1) is 6.54 Å². The highest BCUT2D eigenvalue weighted by atomic mass is 16.5. The van der Waals surface area contributed by atoms with Crippen LogP contribution in [0, 0.1) is 0 Å². The number of nitrogens with zero attached hydrogens (tertiary/aromatic N) is 3. The third-order valence-electron chi connectivity index (χ3n) is 3.53. The van der Waals surface area contributed by atoms with Crippen LogP contribution < -0.4 is 5.32 Å². The van der Waals surface area contributed by atoms with Gasteiger partial charge in [0.25, 0.3) is 5.89 Å². The summed E-state index contributed by atoms with van der Waals surface area (Å²) in [6, 6.07) is 9.95. The zero-order valence-electron chi connectivity index (χ0n) is 12.0. The molecular formula is C15H18N4O2. The summed E-state index contributed by atoms with van der Waals surface area (Å²) in [4.78, 5) is 17.7. The number of aromatic nitrogens is 2.